The Balaban J connectivity index is 2.62. The summed E-state index contributed by atoms with van der Waals surface area (Å²) in [6.45, 7) is 12.1. The van der Waals surface area contributed by atoms with Gasteiger partial charge in [-0.15, -0.1) is 0 Å². The van der Waals surface area contributed by atoms with Crippen molar-refractivity contribution in [2.75, 3.05) is 19.7 Å². The number of hydrogen-bond acceptors (Lipinski definition) is 3. The number of hydrogen-bond donors (Lipinski definition) is 1. The highest BCUT2D eigenvalue weighted by atomic mass is 16.5. The van der Waals surface area contributed by atoms with Crippen LogP contribution in [0.5, 0.6) is 5.75 Å². The van der Waals surface area contributed by atoms with E-state index in [4.69, 9.17) is 4.74 Å². The van der Waals surface area contributed by atoms with Crippen molar-refractivity contribution in [1.82, 2.24) is 10.2 Å². The zero-order valence-corrected chi connectivity index (χ0v) is 13.3. The molecule has 4 nitrogen and oxygen atoms in total. The van der Waals surface area contributed by atoms with Gasteiger partial charge in [-0.2, -0.15) is 0 Å². The fourth-order valence-electron chi connectivity index (χ4n) is 2.10. The van der Waals surface area contributed by atoms with Crippen molar-refractivity contribution in [3.63, 3.8) is 0 Å². The molecule has 1 aromatic rings. The van der Waals surface area contributed by atoms with E-state index < -0.39 is 0 Å². The van der Waals surface area contributed by atoms with E-state index in [0.717, 1.165) is 24.4 Å². The Morgan fingerprint density at radius 2 is 2.05 bits per heavy atom. The summed E-state index contributed by atoms with van der Waals surface area (Å²) in [4.78, 5) is 14.0. The highest BCUT2D eigenvalue weighted by Crippen LogP contribution is 2.17. The number of nitrogens with zero attached hydrogens (tertiary/aromatic N) is 1. The normalized spacial score (nSPS) is 11.8. The molecule has 0 spiro atoms. The SMILES string of the molecule is C=CCOc1ccccc1CNC(C)C(=O)N(CC)CC. The molecule has 0 saturated heterocycles. The summed E-state index contributed by atoms with van der Waals surface area (Å²) in [6.07, 6.45) is 1.72. The maximum absolute atomic E-state index is 12.2. The minimum atomic E-state index is -0.211. The molecule has 0 aromatic heterocycles. The van der Waals surface area contributed by atoms with Gasteiger partial charge in [0.25, 0.3) is 0 Å². The van der Waals surface area contributed by atoms with Crippen molar-refractivity contribution in [2.24, 2.45) is 0 Å². The molecule has 21 heavy (non-hydrogen) atoms. The molecule has 0 aliphatic heterocycles. The van der Waals surface area contributed by atoms with Crippen LogP contribution in [0.4, 0.5) is 0 Å². The quantitative estimate of drug-likeness (QED) is 0.711. The van der Waals surface area contributed by atoms with Gasteiger partial charge in [0.05, 0.1) is 6.04 Å². The first-order chi connectivity index (χ1) is 10.1. The number of carbonyl (C=O) groups excluding carboxylic acids is 1. The molecule has 1 N–H and O–H groups in total. The number of amides is 1. The lowest BCUT2D eigenvalue weighted by Crippen LogP contribution is -2.44. The number of ether oxygens (including phenoxy) is 1. The molecule has 0 fully saturated rings. The van der Waals surface area contributed by atoms with Gasteiger partial charge in [-0.05, 0) is 26.8 Å². The number of carbonyl (C=O) groups is 1. The van der Waals surface area contributed by atoms with Crippen molar-refractivity contribution in [3.8, 4) is 5.75 Å². The van der Waals surface area contributed by atoms with Gasteiger partial charge in [0, 0.05) is 25.2 Å². The molecule has 1 aromatic carbocycles. The van der Waals surface area contributed by atoms with Crippen molar-refractivity contribution < 1.29 is 9.53 Å². The second-order valence-corrected chi connectivity index (χ2v) is 4.82. The van der Waals surface area contributed by atoms with Crippen molar-refractivity contribution >= 4 is 5.91 Å². The molecule has 0 bridgehead atoms. The zero-order chi connectivity index (χ0) is 15.7. The minimum Gasteiger partial charge on any atom is -0.489 e. The third kappa shape index (κ3) is 5.23. The van der Waals surface area contributed by atoms with E-state index in [-0.39, 0.29) is 11.9 Å². The first kappa shape index (κ1) is 17.2. The first-order valence-corrected chi connectivity index (χ1v) is 7.47. The lowest BCUT2D eigenvalue weighted by Gasteiger charge is -2.23. The van der Waals surface area contributed by atoms with E-state index in [1.165, 1.54) is 0 Å². The van der Waals surface area contributed by atoms with Gasteiger partial charge in [-0.25, -0.2) is 0 Å². The van der Waals surface area contributed by atoms with Crippen LogP contribution in [0.1, 0.15) is 26.3 Å². The molecule has 0 heterocycles. The average Bonchev–Trinajstić information content (AvgIpc) is 2.52. The Morgan fingerprint density at radius 3 is 2.67 bits per heavy atom. The largest absolute Gasteiger partial charge is 0.489 e. The van der Waals surface area contributed by atoms with E-state index >= 15 is 0 Å². The van der Waals surface area contributed by atoms with Gasteiger partial charge in [-0.1, -0.05) is 30.9 Å². The Morgan fingerprint density at radius 1 is 1.38 bits per heavy atom. The van der Waals surface area contributed by atoms with Crippen LogP contribution in [-0.2, 0) is 11.3 Å². The molecule has 0 saturated carbocycles. The van der Waals surface area contributed by atoms with Crippen LogP contribution in [0.15, 0.2) is 36.9 Å². The highest BCUT2D eigenvalue weighted by molar-refractivity contribution is 5.81. The molecule has 1 unspecified atom stereocenters. The minimum absolute atomic E-state index is 0.129. The molecule has 0 aliphatic carbocycles. The molecular formula is C17H26N2O2. The van der Waals surface area contributed by atoms with Crippen molar-refractivity contribution in [1.29, 1.82) is 0 Å². The first-order valence-electron chi connectivity index (χ1n) is 7.47. The molecule has 1 amide bonds. The summed E-state index contributed by atoms with van der Waals surface area (Å²) in [5, 5.41) is 3.27. The number of likely N-dealkylation sites (N-methyl/N-ethyl adjacent to an activating group) is 1. The van der Waals surface area contributed by atoms with E-state index in [2.05, 4.69) is 11.9 Å². The average molecular weight is 290 g/mol. The lowest BCUT2D eigenvalue weighted by atomic mass is 10.2. The van der Waals surface area contributed by atoms with Crippen LogP contribution >= 0.6 is 0 Å². The van der Waals surface area contributed by atoms with Gasteiger partial charge in [0.1, 0.15) is 12.4 Å². The van der Waals surface area contributed by atoms with Gasteiger partial charge < -0.3 is 15.0 Å². The van der Waals surface area contributed by atoms with Crippen LogP contribution in [0.25, 0.3) is 0 Å². The summed E-state index contributed by atoms with van der Waals surface area (Å²) < 4.78 is 5.62. The summed E-state index contributed by atoms with van der Waals surface area (Å²) in [5.41, 5.74) is 1.04. The maximum Gasteiger partial charge on any atom is 0.239 e. The van der Waals surface area contributed by atoms with E-state index in [0.29, 0.717) is 13.2 Å². The standard InChI is InChI=1S/C17H26N2O2/c1-5-12-21-16-11-9-8-10-15(16)13-18-14(4)17(20)19(6-2)7-3/h5,8-11,14,18H,1,6-7,12-13H2,2-4H3. The third-order valence-electron chi connectivity index (χ3n) is 3.37. The number of para-hydroxylation sites is 1. The fourth-order valence-corrected chi connectivity index (χ4v) is 2.10. The number of rotatable bonds is 9. The monoisotopic (exact) mass is 290 g/mol. The Hall–Kier alpha value is -1.81. The second-order valence-electron chi connectivity index (χ2n) is 4.82. The highest BCUT2D eigenvalue weighted by Gasteiger charge is 2.17. The molecule has 1 rings (SSSR count). The summed E-state index contributed by atoms with van der Waals surface area (Å²) in [5.74, 6) is 0.955. The molecule has 4 heteroatoms. The van der Waals surface area contributed by atoms with Gasteiger partial charge in [-0.3, -0.25) is 4.79 Å². The molecule has 116 valence electrons. The lowest BCUT2D eigenvalue weighted by molar-refractivity contribution is -0.132. The second kappa shape index (κ2) is 9.19. The maximum atomic E-state index is 12.2. The van der Waals surface area contributed by atoms with Crippen LogP contribution in [0.3, 0.4) is 0 Å². The molecule has 1 atom stereocenters. The Bertz CT molecular complexity index is 456. The van der Waals surface area contributed by atoms with Crippen molar-refractivity contribution in [2.45, 2.75) is 33.4 Å². The van der Waals surface area contributed by atoms with E-state index in [1.54, 1.807) is 6.08 Å². The third-order valence-corrected chi connectivity index (χ3v) is 3.37. The van der Waals surface area contributed by atoms with Gasteiger partial charge in [0.2, 0.25) is 5.91 Å². The Labute approximate surface area is 127 Å². The van der Waals surface area contributed by atoms with Gasteiger partial charge in [0.15, 0.2) is 0 Å². The Kier molecular flexibility index (Phi) is 7.54. The summed E-state index contributed by atoms with van der Waals surface area (Å²) in [7, 11) is 0. The van der Waals surface area contributed by atoms with Crippen LogP contribution in [-0.4, -0.2) is 36.5 Å². The predicted molar refractivity (Wildman–Crippen MR) is 86.4 cm³/mol. The van der Waals surface area contributed by atoms with Crippen LogP contribution in [0, 0.1) is 0 Å². The van der Waals surface area contributed by atoms with Crippen LogP contribution < -0.4 is 10.1 Å². The molecular weight excluding hydrogens is 264 g/mol. The predicted octanol–water partition coefficient (Wildman–Crippen LogP) is 2.60. The number of benzene rings is 1. The number of nitrogens with one attached hydrogen (secondary N) is 1. The smallest absolute Gasteiger partial charge is 0.239 e. The fraction of sp³-hybridized carbons (Fsp3) is 0.471. The molecule has 0 aliphatic rings. The summed E-state index contributed by atoms with van der Waals surface area (Å²) in [6, 6.07) is 7.62. The van der Waals surface area contributed by atoms with E-state index in [1.807, 2.05) is 49.9 Å². The zero-order valence-electron chi connectivity index (χ0n) is 13.3. The molecule has 0 radical (unpaired) electrons. The topological polar surface area (TPSA) is 41.6 Å². The van der Waals surface area contributed by atoms with Gasteiger partial charge >= 0.3 is 0 Å². The van der Waals surface area contributed by atoms with E-state index in [9.17, 15) is 4.79 Å². The van der Waals surface area contributed by atoms with Crippen LogP contribution in [0.2, 0.25) is 0 Å². The summed E-state index contributed by atoms with van der Waals surface area (Å²) >= 11 is 0. The van der Waals surface area contributed by atoms with Crippen molar-refractivity contribution in [3.05, 3.63) is 42.5 Å².